The van der Waals surface area contributed by atoms with Gasteiger partial charge in [0.1, 0.15) is 5.82 Å². The smallest absolute Gasteiger partial charge is 0.244 e. The van der Waals surface area contributed by atoms with Gasteiger partial charge in [0.05, 0.1) is 21.9 Å². The van der Waals surface area contributed by atoms with Crippen LogP contribution in [0.1, 0.15) is 5.56 Å². The molecular formula is C17H14Cl2FN5. The Morgan fingerprint density at radius 1 is 1.00 bits per heavy atom. The van der Waals surface area contributed by atoms with E-state index in [0.29, 0.717) is 40.5 Å². The lowest BCUT2D eigenvalue weighted by molar-refractivity contribution is 0.627. The summed E-state index contributed by atoms with van der Waals surface area (Å²) in [6.07, 6.45) is 2.18. The molecule has 8 heteroatoms. The molecule has 0 saturated heterocycles. The Kier molecular flexibility index (Phi) is 5.63. The predicted molar refractivity (Wildman–Crippen MR) is 98.2 cm³/mol. The zero-order valence-corrected chi connectivity index (χ0v) is 14.5. The fourth-order valence-corrected chi connectivity index (χ4v) is 2.65. The lowest BCUT2D eigenvalue weighted by Crippen LogP contribution is -2.09. The van der Waals surface area contributed by atoms with Crippen LogP contribution in [0, 0.1) is 5.82 Å². The molecule has 2 N–H and O–H groups in total. The van der Waals surface area contributed by atoms with Gasteiger partial charge in [0, 0.05) is 6.54 Å². The fraction of sp³-hybridized carbons (Fsp3) is 0.118. The molecule has 0 radical (unpaired) electrons. The molecule has 3 aromatic rings. The van der Waals surface area contributed by atoms with Gasteiger partial charge in [0.25, 0.3) is 0 Å². The number of nitrogens with zero attached hydrogens (tertiary/aromatic N) is 3. The van der Waals surface area contributed by atoms with Crippen LogP contribution in [-0.2, 0) is 6.42 Å². The Bertz CT molecular complexity index is 838. The summed E-state index contributed by atoms with van der Waals surface area (Å²) in [6.45, 7) is 0.587. The number of hydrogen-bond donors (Lipinski definition) is 2. The van der Waals surface area contributed by atoms with Crippen LogP contribution in [0.4, 0.5) is 21.8 Å². The first-order chi connectivity index (χ1) is 12.1. The summed E-state index contributed by atoms with van der Waals surface area (Å²) in [6, 6.07) is 11.6. The van der Waals surface area contributed by atoms with Crippen molar-refractivity contribution in [2.24, 2.45) is 0 Å². The molecule has 25 heavy (non-hydrogen) atoms. The highest BCUT2D eigenvalue weighted by Crippen LogP contribution is 2.31. The van der Waals surface area contributed by atoms with E-state index in [1.54, 1.807) is 30.3 Å². The van der Waals surface area contributed by atoms with Crippen molar-refractivity contribution in [3.8, 4) is 0 Å². The van der Waals surface area contributed by atoms with E-state index in [2.05, 4.69) is 25.8 Å². The molecule has 0 bridgehead atoms. The first kappa shape index (κ1) is 17.4. The van der Waals surface area contributed by atoms with Crippen molar-refractivity contribution in [3.05, 3.63) is 70.1 Å². The summed E-state index contributed by atoms with van der Waals surface area (Å²) in [5.41, 5.74) is 1.57. The molecule has 0 aliphatic heterocycles. The van der Waals surface area contributed by atoms with E-state index in [1.807, 2.05) is 0 Å². The maximum Gasteiger partial charge on any atom is 0.244 e. The maximum atomic E-state index is 12.9. The van der Waals surface area contributed by atoms with Crippen LogP contribution in [-0.4, -0.2) is 21.7 Å². The Labute approximate surface area is 154 Å². The van der Waals surface area contributed by atoms with Gasteiger partial charge in [-0.15, -0.1) is 5.10 Å². The number of rotatable bonds is 6. The van der Waals surface area contributed by atoms with E-state index in [4.69, 9.17) is 23.2 Å². The van der Waals surface area contributed by atoms with Crippen LogP contribution >= 0.6 is 23.2 Å². The van der Waals surface area contributed by atoms with Gasteiger partial charge in [0.2, 0.25) is 5.95 Å². The number of benzene rings is 2. The molecule has 0 spiro atoms. The van der Waals surface area contributed by atoms with Crippen LogP contribution in [0.5, 0.6) is 0 Å². The van der Waals surface area contributed by atoms with Crippen LogP contribution in [0.25, 0.3) is 0 Å². The van der Waals surface area contributed by atoms with Crippen LogP contribution in [0.15, 0.2) is 48.7 Å². The standard InChI is InChI=1S/C17H14Cl2FN5/c18-13-2-1-3-14(19)16(13)23-15-10-22-25-17(24-15)21-9-8-11-4-6-12(20)7-5-11/h1-7,10H,8-9H2,(H2,21,23,24,25). The first-order valence-corrected chi connectivity index (χ1v) is 8.26. The SMILES string of the molecule is Fc1ccc(CCNc2nncc(Nc3c(Cl)cccc3Cl)n2)cc1. The summed E-state index contributed by atoms with van der Waals surface area (Å²) in [5.74, 6) is 0.589. The van der Waals surface area contributed by atoms with Gasteiger partial charge in [-0.1, -0.05) is 41.4 Å². The Balaban J connectivity index is 1.62. The lowest BCUT2D eigenvalue weighted by Gasteiger charge is -2.10. The highest BCUT2D eigenvalue weighted by Gasteiger charge is 2.07. The van der Waals surface area contributed by atoms with Gasteiger partial charge in [0.15, 0.2) is 5.82 Å². The van der Waals surface area contributed by atoms with Gasteiger partial charge in [-0.3, -0.25) is 0 Å². The topological polar surface area (TPSA) is 62.7 Å². The van der Waals surface area contributed by atoms with Crippen LogP contribution in [0.3, 0.4) is 0 Å². The number of hydrogen-bond acceptors (Lipinski definition) is 5. The summed E-state index contributed by atoms with van der Waals surface area (Å²) in [4.78, 5) is 4.32. The molecule has 0 unspecified atom stereocenters. The van der Waals surface area contributed by atoms with Crippen molar-refractivity contribution in [2.75, 3.05) is 17.2 Å². The molecule has 0 atom stereocenters. The third-order valence-electron chi connectivity index (χ3n) is 3.38. The summed E-state index contributed by atoms with van der Waals surface area (Å²) < 4.78 is 12.9. The third kappa shape index (κ3) is 4.78. The van der Waals surface area contributed by atoms with Gasteiger partial charge in [-0.05, 0) is 36.2 Å². The van der Waals surface area contributed by atoms with Gasteiger partial charge >= 0.3 is 0 Å². The average molecular weight is 378 g/mol. The van der Waals surface area contributed by atoms with Crippen molar-refractivity contribution in [2.45, 2.75) is 6.42 Å². The molecule has 0 amide bonds. The molecule has 1 aromatic heterocycles. The molecule has 3 rings (SSSR count). The van der Waals surface area contributed by atoms with Gasteiger partial charge in [-0.2, -0.15) is 10.1 Å². The second kappa shape index (κ2) is 8.09. The van der Waals surface area contributed by atoms with Gasteiger partial charge < -0.3 is 10.6 Å². The number of nitrogens with one attached hydrogen (secondary N) is 2. The van der Waals surface area contributed by atoms with E-state index in [9.17, 15) is 4.39 Å². The predicted octanol–water partition coefficient (Wildman–Crippen LogP) is 4.72. The summed E-state index contributed by atoms with van der Waals surface area (Å²) in [5, 5.41) is 14.9. The summed E-state index contributed by atoms with van der Waals surface area (Å²) >= 11 is 12.3. The van der Waals surface area contributed by atoms with Crippen molar-refractivity contribution < 1.29 is 4.39 Å². The quantitative estimate of drug-likeness (QED) is 0.650. The summed E-state index contributed by atoms with van der Waals surface area (Å²) in [7, 11) is 0. The van der Waals surface area contributed by atoms with Crippen molar-refractivity contribution in [1.29, 1.82) is 0 Å². The van der Waals surface area contributed by atoms with E-state index in [1.165, 1.54) is 18.3 Å². The molecule has 1 heterocycles. The molecule has 0 aliphatic carbocycles. The van der Waals surface area contributed by atoms with Crippen molar-refractivity contribution in [3.63, 3.8) is 0 Å². The Morgan fingerprint density at radius 3 is 2.44 bits per heavy atom. The van der Waals surface area contributed by atoms with Crippen molar-refractivity contribution >= 4 is 40.7 Å². The molecule has 0 fully saturated rings. The number of aromatic nitrogens is 3. The molecule has 0 aliphatic rings. The average Bonchev–Trinajstić information content (AvgIpc) is 2.60. The van der Waals surface area contributed by atoms with E-state index in [-0.39, 0.29) is 5.82 Å². The van der Waals surface area contributed by atoms with Crippen LogP contribution < -0.4 is 10.6 Å². The van der Waals surface area contributed by atoms with Crippen LogP contribution in [0.2, 0.25) is 10.0 Å². The highest BCUT2D eigenvalue weighted by atomic mass is 35.5. The Hall–Kier alpha value is -2.44. The van der Waals surface area contributed by atoms with E-state index >= 15 is 0 Å². The van der Waals surface area contributed by atoms with Crippen molar-refractivity contribution in [1.82, 2.24) is 15.2 Å². The first-order valence-electron chi connectivity index (χ1n) is 7.51. The normalized spacial score (nSPS) is 10.5. The molecule has 5 nitrogen and oxygen atoms in total. The van der Waals surface area contributed by atoms with Gasteiger partial charge in [-0.25, -0.2) is 4.39 Å². The molecular weight excluding hydrogens is 364 g/mol. The number of anilines is 3. The number of para-hydroxylation sites is 1. The Morgan fingerprint density at radius 2 is 1.72 bits per heavy atom. The second-order valence-electron chi connectivity index (χ2n) is 5.19. The monoisotopic (exact) mass is 377 g/mol. The zero-order chi connectivity index (χ0) is 17.6. The van der Waals surface area contributed by atoms with E-state index < -0.39 is 0 Å². The lowest BCUT2D eigenvalue weighted by atomic mass is 10.1. The zero-order valence-electron chi connectivity index (χ0n) is 13.0. The minimum Gasteiger partial charge on any atom is -0.353 e. The minimum atomic E-state index is -0.249. The highest BCUT2D eigenvalue weighted by molar-refractivity contribution is 6.39. The van der Waals surface area contributed by atoms with E-state index in [0.717, 1.165) is 5.56 Å². The molecule has 0 saturated carbocycles. The molecule has 128 valence electrons. The number of halogens is 3. The minimum absolute atomic E-state index is 0.249. The fourth-order valence-electron chi connectivity index (χ4n) is 2.15. The second-order valence-corrected chi connectivity index (χ2v) is 6.00. The maximum absolute atomic E-state index is 12.9. The molecule has 2 aromatic carbocycles. The largest absolute Gasteiger partial charge is 0.353 e. The third-order valence-corrected chi connectivity index (χ3v) is 4.01.